The third kappa shape index (κ3) is 2.19. The average Bonchev–Trinajstić information content (AvgIpc) is 3.02. The monoisotopic (exact) mass is 270 g/mol. The fourth-order valence-electron chi connectivity index (χ4n) is 2.33. The minimum atomic E-state index is 0.755. The van der Waals surface area contributed by atoms with Crippen molar-refractivity contribution < 1.29 is 4.79 Å². The van der Waals surface area contributed by atoms with E-state index < -0.39 is 0 Å². The van der Waals surface area contributed by atoms with E-state index in [1.54, 1.807) is 11.3 Å². The molecule has 0 radical (unpaired) electrons. The van der Waals surface area contributed by atoms with Crippen molar-refractivity contribution in [2.24, 2.45) is 0 Å². The molecule has 0 atom stereocenters. The maximum Gasteiger partial charge on any atom is 0.150 e. The lowest BCUT2D eigenvalue weighted by molar-refractivity contribution is 0.112. The largest absolute Gasteiger partial charge is 0.347 e. The number of carbonyl (C=O) groups is 1. The molecule has 3 rings (SSSR count). The molecule has 0 unspecified atom stereocenters. The Kier molecular flexibility index (Phi) is 3.17. The van der Waals surface area contributed by atoms with Crippen LogP contribution in [0.25, 0.3) is 10.9 Å². The minimum Gasteiger partial charge on any atom is -0.347 e. The van der Waals surface area contributed by atoms with Crippen LogP contribution in [0, 0.1) is 6.92 Å². The molecule has 0 N–H and O–H groups in total. The number of hydrogen-bond acceptors (Lipinski definition) is 3. The fraction of sp³-hybridized carbons (Fsp3) is 0.200. The third-order valence-electron chi connectivity index (χ3n) is 3.40. The Bertz CT molecular complexity index is 727. The first-order valence-electron chi connectivity index (χ1n) is 6.21. The van der Waals surface area contributed by atoms with Gasteiger partial charge in [-0.2, -0.15) is 0 Å². The number of hydrogen-bond donors (Lipinski definition) is 0. The summed E-state index contributed by atoms with van der Waals surface area (Å²) in [5.41, 5.74) is 4.88. The van der Waals surface area contributed by atoms with Crippen molar-refractivity contribution >= 4 is 28.5 Å². The predicted octanol–water partition coefficient (Wildman–Crippen LogP) is 3.46. The second-order valence-corrected chi connectivity index (χ2v) is 5.46. The molecule has 0 amide bonds. The van der Waals surface area contributed by atoms with Gasteiger partial charge in [0.15, 0.2) is 6.29 Å². The zero-order valence-electron chi connectivity index (χ0n) is 10.7. The van der Waals surface area contributed by atoms with Gasteiger partial charge >= 0.3 is 0 Å². The first-order valence-corrected chi connectivity index (χ1v) is 7.09. The second-order valence-electron chi connectivity index (χ2n) is 4.52. The number of aldehydes is 1. The van der Waals surface area contributed by atoms with E-state index in [9.17, 15) is 4.79 Å². The molecule has 1 aromatic carbocycles. The Balaban J connectivity index is 1.90. The van der Waals surface area contributed by atoms with E-state index in [1.807, 2.05) is 36.8 Å². The van der Waals surface area contributed by atoms with E-state index in [2.05, 4.69) is 15.6 Å². The Morgan fingerprint density at radius 1 is 1.37 bits per heavy atom. The van der Waals surface area contributed by atoms with Crippen molar-refractivity contribution in [2.75, 3.05) is 0 Å². The Hall–Kier alpha value is -1.94. The van der Waals surface area contributed by atoms with Gasteiger partial charge in [0.25, 0.3) is 0 Å². The normalized spacial score (nSPS) is 11.0. The number of rotatable bonds is 4. The highest BCUT2D eigenvalue weighted by atomic mass is 32.1. The van der Waals surface area contributed by atoms with Crippen LogP contribution in [0.15, 0.2) is 36.0 Å². The number of nitrogens with zero attached hydrogens (tertiary/aromatic N) is 2. The van der Waals surface area contributed by atoms with Gasteiger partial charge in [0.1, 0.15) is 0 Å². The van der Waals surface area contributed by atoms with E-state index in [-0.39, 0.29) is 0 Å². The van der Waals surface area contributed by atoms with Gasteiger partial charge in [0.2, 0.25) is 0 Å². The van der Waals surface area contributed by atoms with Crippen LogP contribution in [-0.2, 0) is 13.0 Å². The molecule has 3 aromatic rings. The molecule has 0 aliphatic rings. The summed E-state index contributed by atoms with van der Waals surface area (Å²) in [6.45, 7) is 2.96. The van der Waals surface area contributed by atoms with E-state index in [0.717, 1.165) is 41.4 Å². The quantitative estimate of drug-likeness (QED) is 0.680. The molecule has 0 spiro atoms. The summed E-state index contributed by atoms with van der Waals surface area (Å²) in [5.74, 6) is 0. The Morgan fingerprint density at radius 2 is 2.26 bits per heavy atom. The van der Waals surface area contributed by atoms with Crippen LogP contribution < -0.4 is 0 Å². The SMILES string of the molecule is Cc1ncsc1CCn1ccc2c(C=O)cccc21. The first-order chi connectivity index (χ1) is 9.29. The number of fused-ring (bicyclic) bond motifs is 1. The highest BCUT2D eigenvalue weighted by Crippen LogP contribution is 2.20. The van der Waals surface area contributed by atoms with E-state index >= 15 is 0 Å². The van der Waals surface area contributed by atoms with Crippen molar-refractivity contribution in [1.29, 1.82) is 0 Å². The predicted molar refractivity (Wildman–Crippen MR) is 77.9 cm³/mol. The number of thiazole rings is 1. The molecule has 0 aliphatic carbocycles. The molecular formula is C15H14N2OS. The van der Waals surface area contributed by atoms with Gasteiger partial charge in [-0.05, 0) is 19.1 Å². The molecule has 4 heteroatoms. The molecular weight excluding hydrogens is 256 g/mol. The summed E-state index contributed by atoms with van der Waals surface area (Å²) in [6, 6.07) is 7.86. The van der Waals surface area contributed by atoms with Gasteiger partial charge in [-0.3, -0.25) is 4.79 Å². The highest BCUT2D eigenvalue weighted by molar-refractivity contribution is 7.09. The molecule has 0 fully saturated rings. The van der Waals surface area contributed by atoms with Crippen molar-refractivity contribution in [2.45, 2.75) is 19.9 Å². The maximum absolute atomic E-state index is 11.0. The lowest BCUT2D eigenvalue weighted by Gasteiger charge is -2.05. The summed E-state index contributed by atoms with van der Waals surface area (Å²) < 4.78 is 2.20. The van der Waals surface area contributed by atoms with Crippen LogP contribution in [-0.4, -0.2) is 15.8 Å². The van der Waals surface area contributed by atoms with Gasteiger partial charge < -0.3 is 4.57 Å². The fourth-order valence-corrected chi connectivity index (χ4v) is 3.10. The smallest absolute Gasteiger partial charge is 0.150 e. The Morgan fingerprint density at radius 3 is 3.00 bits per heavy atom. The van der Waals surface area contributed by atoms with Crippen LogP contribution in [0.1, 0.15) is 20.9 Å². The second kappa shape index (κ2) is 4.97. The van der Waals surface area contributed by atoms with Crippen molar-refractivity contribution in [3.63, 3.8) is 0 Å². The van der Waals surface area contributed by atoms with Crippen molar-refractivity contribution in [3.8, 4) is 0 Å². The lowest BCUT2D eigenvalue weighted by Crippen LogP contribution is -1.99. The Labute approximate surface area is 115 Å². The van der Waals surface area contributed by atoms with Crippen LogP contribution in [0.3, 0.4) is 0 Å². The van der Waals surface area contributed by atoms with Gasteiger partial charge in [0.05, 0.1) is 11.2 Å². The highest BCUT2D eigenvalue weighted by Gasteiger charge is 2.06. The van der Waals surface area contributed by atoms with Crippen LogP contribution >= 0.6 is 11.3 Å². The average molecular weight is 270 g/mol. The molecule has 2 aromatic heterocycles. The summed E-state index contributed by atoms with van der Waals surface area (Å²) in [7, 11) is 0. The first kappa shape index (κ1) is 12.1. The number of carbonyl (C=O) groups excluding carboxylic acids is 1. The molecule has 0 aliphatic heterocycles. The molecule has 0 saturated carbocycles. The molecule has 96 valence electrons. The topological polar surface area (TPSA) is 34.9 Å². The lowest BCUT2D eigenvalue weighted by atomic mass is 10.1. The molecule has 19 heavy (non-hydrogen) atoms. The van der Waals surface area contributed by atoms with Gasteiger partial charge in [-0.25, -0.2) is 4.98 Å². The third-order valence-corrected chi connectivity index (χ3v) is 4.39. The minimum absolute atomic E-state index is 0.755. The van der Waals surface area contributed by atoms with E-state index in [0.29, 0.717) is 0 Å². The van der Waals surface area contributed by atoms with Gasteiger partial charge in [-0.1, -0.05) is 12.1 Å². The molecule has 2 heterocycles. The number of aryl methyl sites for hydroxylation is 3. The number of aromatic nitrogens is 2. The summed E-state index contributed by atoms with van der Waals surface area (Å²) in [4.78, 5) is 16.6. The van der Waals surface area contributed by atoms with E-state index in [4.69, 9.17) is 0 Å². The van der Waals surface area contributed by atoms with Crippen LogP contribution in [0.2, 0.25) is 0 Å². The van der Waals surface area contributed by atoms with E-state index in [1.165, 1.54) is 4.88 Å². The van der Waals surface area contributed by atoms with Crippen LogP contribution in [0.4, 0.5) is 0 Å². The summed E-state index contributed by atoms with van der Waals surface area (Å²) in [5, 5.41) is 1.03. The van der Waals surface area contributed by atoms with Gasteiger partial charge in [-0.15, -0.1) is 11.3 Å². The number of benzene rings is 1. The zero-order valence-corrected chi connectivity index (χ0v) is 11.5. The molecule has 3 nitrogen and oxygen atoms in total. The van der Waals surface area contributed by atoms with Crippen molar-refractivity contribution in [3.05, 3.63) is 52.1 Å². The standard InChI is InChI=1S/C15H14N2OS/c1-11-15(19-10-16-11)6-8-17-7-5-13-12(9-18)3-2-4-14(13)17/h2-5,7,9-10H,6,8H2,1H3. The molecule has 0 saturated heterocycles. The maximum atomic E-state index is 11.0. The van der Waals surface area contributed by atoms with Crippen LogP contribution in [0.5, 0.6) is 0 Å². The van der Waals surface area contributed by atoms with Crippen molar-refractivity contribution in [1.82, 2.24) is 9.55 Å². The van der Waals surface area contributed by atoms with Gasteiger partial charge in [0, 0.05) is 40.5 Å². The zero-order chi connectivity index (χ0) is 13.2. The summed E-state index contributed by atoms with van der Waals surface area (Å²) >= 11 is 1.70. The summed E-state index contributed by atoms with van der Waals surface area (Å²) in [6.07, 6.45) is 3.94. The molecule has 0 bridgehead atoms.